The quantitative estimate of drug-likeness (QED) is 0.462. The van der Waals surface area contributed by atoms with E-state index in [1.54, 1.807) is 4.90 Å². The molecule has 1 aromatic heterocycles. The van der Waals surface area contributed by atoms with E-state index in [0.717, 1.165) is 26.3 Å². The van der Waals surface area contributed by atoms with Crippen molar-refractivity contribution in [3.8, 4) is 11.3 Å². The van der Waals surface area contributed by atoms with Gasteiger partial charge in [0.05, 0.1) is 11.4 Å². The topological polar surface area (TPSA) is 33.2 Å². The molecule has 3 nitrogen and oxygen atoms in total. The van der Waals surface area contributed by atoms with Crippen LogP contribution < -0.4 is 4.90 Å². The lowest BCUT2D eigenvalue weighted by Gasteiger charge is -2.19. The summed E-state index contributed by atoms with van der Waals surface area (Å²) in [5.74, 6) is 0.00880. The summed E-state index contributed by atoms with van der Waals surface area (Å²) in [5.41, 5.74) is 2.67. The number of nitrogens with zero attached hydrogens (tertiary/aromatic N) is 2. The Bertz CT molecular complexity index is 908. The highest BCUT2D eigenvalue weighted by Gasteiger charge is 2.22. The first-order valence-corrected chi connectivity index (χ1v) is 9.80. The van der Waals surface area contributed by atoms with Gasteiger partial charge in [-0.25, -0.2) is 4.98 Å². The van der Waals surface area contributed by atoms with E-state index in [9.17, 15) is 4.79 Å². The third-order valence-electron chi connectivity index (χ3n) is 3.71. The third kappa shape index (κ3) is 3.94. The summed E-state index contributed by atoms with van der Waals surface area (Å²) in [4.78, 5) is 20.1. The van der Waals surface area contributed by atoms with Crippen molar-refractivity contribution in [2.24, 2.45) is 0 Å². The molecule has 0 aliphatic rings. The average molecular weight is 436 g/mol. The molecule has 0 saturated carbocycles. The number of hydrogen-bond donors (Lipinski definition) is 0. The molecule has 3 rings (SSSR count). The van der Waals surface area contributed by atoms with Gasteiger partial charge in [-0.15, -0.1) is 11.3 Å². The lowest BCUT2D eigenvalue weighted by molar-refractivity contribution is -0.117. The molecular formula is C19H16BrClN2OS. The van der Waals surface area contributed by atoms with Gasteiger partial charge in [0, 0.05) is 26.4 Å². The predicted molar refractivity (Wildman–Crippen MR) is 109 cm³/mol. The number of rotatable bonds is 4. The van der Waals surface area contributed by atoms with Crippen LogP contribution in [0.15, 0.2) is 53.0 Å². The molecular weight excluding hydrogens is 420 g/mol. The molecule has 0 radical (unpaired) electrons. The zero-order chi connectivity index (χ0) is 18.0. The highest BCUT2D eigenvalue weighted by atomic mass is 79.9. The zero-order valence-corrected chi connectivity index (χ0v) is 17.0. The first-order chi connectivity index (χ1) is 12.0. The Morgan fingerprint density at radius 1 is 1.24 bits per heavy atom. The Hall–Kier alpha value is -1.69. The van der Waals surface area contributed by atoms with Crippen molar-refractivity contribution in [3.63, 3.8) is 0 Å². The van der Waals surface area contributed by atoms with Gasteiger partial charge in [0.15, 0.2) is 5.13 Å². The largest absolute Gasteiger partial charge is 0.274 e. The first-order valence-electron chi connectivity index (χ1n) is 7.81. The highest BCUT2D eigenvalue weighted by molar-refractivity contribution is 9.10. The van der Waals surface area contributed by atoms with Crippen molar-refractivity contribution in [2.75, 3.05) is 4.90 Å². The van der Waals surface area contributed by atoms with Crippen LogP contribution in [0, 0.1) is 6.92 Å². The van der Waals surface area contributed by atoms with Crippen LogP contribution in [0.4, 0.5) is 10.8 Å². The molecule has 1 amide bonds. The molecule has 2 aromatic carbocycles. The van der Waals surface area contributed by atoms with Crippen LogP contribution in [0.1, 0.15) is 18.2 Å². The summed E-state index contributed by atoms with van der Waals surface area (Å²) < 4.78 is 0.921. The standard InChI is InChI=1S/C19H16BrClN2OS/c1-3-17(24)23(16-6-4-5-14(20)11-16)19-22-18(12(2)25-19)13-7-9-15(21)10-8-13/h4-11H,3H2,1-2H3. The van der Waals surface area contributed by atoms with Gasteiger partial charge in [0.2, 0.25) is 5.91 Å². The van der Waals surface area contributed by atoms with Crippen LogP contribution in [0.25, 0.3) is 11.3 Å². The number of aryl methyl sites for hydroxylation is 1. The molecule has 128 valence electrons. The van der Waals surface area contributed by atoms with Gasteiger partial charge >= 0.3 is 0 Å². The van der Waals surface area contributed by atoms with Gasteiger partial charge < -0.3 is 0 Å². The van der Waals surface area contributed by atoms with Crippen LogP contribution >= 0.6 is 38.9 Å². The molecule has 0 bridgehead atoms. The lowest BCUT2D eigenvalue weighted by atomic mass is 10.1. The molecule has 0 N–H and O–H groups in total. The second kappa shape index (κ2) is 7.68. The minimum atomic E-state index is 0.00880. The minimum Gasteiger partial charge on any atom is -0.274 e. The molecule has 0 unspecified atom stereocenters. The summed E-state index contributed by atoms with van der Waals surface area (Å²) in [6, 6.07) is 15.3. The predicted octanol–water partition coefficient (Wildman–Crippen LogP) is 6.61. The lowest BCUT2D eigenvalue weighted by Crippen LogP contribution is -2.24. The maximum absolute atomic E-state index is 12.6. The van der Waals surface area contributed by atoms with E-state index in [2.05, 4.69) is 15.9 Å². The SMILES string of the molecule is CCC(=O)N(c1cccc(Br)c1)c1nc(-c2ccc(Cl)cc2)c(C)s1. The van der Waals surface area contributed by atoms with E-state index in [0.29, 0.717) is 16.6 Å². The number of anilines is 2. The number of aromatic nitrogens is 1. The molecule has 0 atom stereocenters. The van der Waals surface area contributed by atoms with Crippen molar-refractivity contribution >= 4 is 55.6 Å². The fraction of sp³-hybridized carbons (Fsp3) is 0.158. The second-order valence-corrected chi connectivity index (χ2v) is 8.00. The number of halogens is 2. The normalized spacial score (nSPS) is 10.7. The molecule has 0 aliphatic carbocycles. The van der Waals surface area contributed by atoms with E-state index < -0.39 is 0 Å². The monoisotopic (exact) mass is 434 g/mol. The van der Waals surface area contributed by atoms with Gasteiger partial charge in [0.25, 0.3) is 0 Å². The van der Waals surface area contributed by atoms with E-state index >= 15 is 0 Å². The molecule has 3 aromatic rings. The van der Waals surface area contributed by atoms with Crippen LogP contribution in [0.3, 0.4) is 0 Å². The summed E-state index contributed by atoms with van der Waals surface area (Å²) in [6.07, 6.45) is 0.404. The number of thiazole rings is 1. The van der Waals surface area contributed by atoms with Gasteiger partial charge in [-0.1, -0.05) is 52.7 Å². The van der Waals surface area contributed by atoms with Gasteiger partial charge in [-0.3, -0.25) is 9.69 Å². The number of carbonyl (C=O) groups is 1. The van der Waals surface area contributed by atoms with Crippen LogP contribution in [0.5, 0.6) is 0 Å². The molecule has 0 fully saturated rings. The Labute approximate surface area is 164 Å². The zero-order valence-electron chi connectivity index (χ0n) is 13.8. The number of amides is 1. The van der Waals surface area contributed by atoms with E-state index in [4.69, 9.17) is 16.6 Å². The number of hydrogen-bond acceptors (Lipinski definition) is 3. The highest BCUT2D eigenvalue weighted by Crippen LogP contribution is 2.37. The van der Waals surface area contributed by atoms with Gasteiger partial charge in [0.1, 0.15) is 0 Å². The molecule has 25 heavy (non-hydrogen) atoms. The molecule has 6 heteroatoms. The van der Waals surface area contributed by atoms with E-state index in [1.807, 2.05) is 62.4 Å². The van der Waals surface area contributed by atoms with Crippen LogP contribution in [-0.2, 0) is 4.79 Å². The molecule has 0 spiro atoms. The van der Waals surface area contributed by atoms with Crippen molar-refractivity contribution in [1.29, 1.82) is 0 Å². The maximum Gasteiger partial charge on any atom is 0.233 e. The van der Waals surface area contributed by atoms with Crippen molar-refractivity contribution < 1.29 is 4.79 Å². The van der Waals surface area contributed by atoms with Crippen molar-refractivity contribution in [1.82, 2.24) is 4.98 Å². The first kappa shape index (κ1) is 18.1. The summed E-state index contributed by atoms with van der Waals surface area (Å²) >= 11 is 11.0. The minimum absolute atomic E-state index is 0.00880. The Kier molecular flexibility index (Phi) is 5.57. The summed E-state index contributed by atoms with van der Waals surface area (Å²) in [6.45, 7) is 3.87. The van der Waals surface area contributed by atoms with E-state index in [-0.39, 0.29) is 5.91 Å². The average Bonchev–Trinajstić information content (AvgIpc) is 2.97. The number of benzene rings is 2. The molecule has 0 saturated heterocycles. The van der Waals surface area contributed by atoms with Crippen LogP contribution in [0.2, 0.25) is 5.02 Å². The number of carbonyl (C=O) groups excluding carboxylic acids is 1. The smallest absolute Gasteiger partial charge is 0.233 e. The van der Waals surface area contributed by atoms with Gasteiger partial charge in [-0.05, 0) is 37.3 Å². The Morgan fingerprint density at radius 3 is 2.60 bits per heavy atom. The molecule has 0 aliphatic heterocycles. The summed E-state index contributed by atoms with van der Waals surface area (Å²) in [5, 5.41) is 1.36. The van der Waals surface area contributed by atoms with Crippen LogP contribution in [-0.4, -0.2) is 10.9 Å². The van der Waals surface area contributed by atoms with E-state index in [1.165, 1.54) is 11.3 Å². The fourth-order valence-corrected chi connectivity index (χ4v) is 3.97. The maximum atomic E-state index is 12.6. The molecule has 1 heterocycles. The van der Waals surface area contributed by atoms with Crippen molar-refractivity contribution in [3.05, 3.63) is 62.9 Å². The third-order valence-corrected chi connectivity index (χ3v) is 5.41. The Balaban J connectivity index is 2.07. The van der Waals surface area contributed by atoms with Gasteiger partial charge in [-0.2, -0.15) is 0 Å². The second-order valence-electron chi connectivity index (χ2n) is 5.47. The van der Waals surface area contributed by atoms with Crippen molar-refractivity contribution in [2.45, 2.75) is 20.3 Å². The fourth-order valence-electron chi connectivity index (χ4n) is 2.49. The Morgan fingerprint density at radius 2 is 1.96 bits per heavy atom. The summed E-state index contributed by atoms with van der Waals surface area (Å²) in [7, 11) is 0.